The van der Waals surface area contributed by atoms with Crippen LogP contribution in [-0.4, -0.2) is 10.1 Å². The summed E-state index contributed by atoms with van der Waals surface area (Å²) >= 11 is 1.59. The van der Waals surface area contributed by atoms with Crippen molar-refractivity contribution in [1.29, 1.82) is 0 Å². The van der Waals surface area contributed by atoms with Crippen molar-refractivity contribution in [3.8, 4) is 0 Å². The van der Waals surface area contributed by atoms with E-state index in [9.17, 15) is 5.11 Å². The standard InChI is InChI=1S/C12H14N2OS/c1-8-14-9(7-16-8)6-12(15)10-4-2-3-5-11(10)13/h2-5,7,12,15H,6,13H2,1H3. The Morgan fingerprint density at radius 3 is 2.81 bits per heavy atom. The lowest BCUT2D eigenvalue weighted by molar-refractivity contribution is 0.178. The van der Waals surface area contributed by atoms with Crippen LogP contribution >= 0.6 is 11.3 Å². The Bertz CT molecular complexity index is 481. The average molecular weight is 234 g/mol. The van der Waals surface area contributed by atoms with Crippen molar-refractivity contribution in [2.45, 2.75) is 19.4 Å². The molecular weight excluding hydrogens is 220 g/mol. The van der Waals surface area contributed by atoms with Gasteiger partial charge in [-0.05, 0) is 13.0 Å². The fourth-order valence-corrected chi connectivity index (χ4v) is 2.25. The molecule has 1 aromatic carbocycles. The zero-order valence-electron chi connectivity index (χ0n) is 9.05. The van der Waals surface area contributed by atoms with Crippen LogP contribution in [0.15, 0.2) is 29.6 Å². The van der Waals surface area contributed by atoms with E-state index in [2.05, 4.69) is 4.98 Å². The number of aryl methyl sites for hydroxylation is 1. The first-order valence-electron chi connectivity index (χ1n) is 5.10. The van der Waals surface area contributed by atoms with Crippen LogP contribution in [0.5, 0.6) is 0 Å². The minimum Gasteiger partial charge on any atom is -0.398 e. The molecule has 0 radical (unpaired) electrons. The third-order valence-corrected chi connectivity index (χ3v) is 3.25. The summed E-state index contributed by atoms with van der Waals surface area (Å²) in [5.41, 5.74) is 8.12. The van der Waals surface area contributed by atoms with Gasteiger partial charge in [0.2, 0.25) is 0 Å². The predicted molar refractivity (Wildman–Crippen MR) is 66.4 cm³/mol. The van der Waals surface area contributed by atoms with E-state index in [0.717, 1.165) is 16.3 Å². The average Bonchev–Trinajstić information content (AvgIpc) is 2.64. The van der Waals surface area contributed by atoms with E-state index in [0.29, 0.717) is 12.1 Å². The summed E-state index contributed by atoms with van der Waals surface area (Å²) in [5, 5.41) is 13.0. The topological polar surface area (TPSA) is 59.1 Å². The van der Waals surface area contributed by atoms with Crippen LogP contribution in [0.4, 0.5) is 5.69 Å². The first-order valence-corrected chi connectivity index (χ1v) is 5.98. The van der Waals surface area contributed by atoms with Gasteiger partial charge in [0.25, 0.3) is 0 Å². The van der Waals surface area contributed by atoms with Gasteiger partial charge in [0.15, 0.2) is 0 Å². The minimum absolute atomic E-state index is 0.512. The summed E-state index contributed by atoms with van der Waals surface area (Å²) in [7, 11) is 0. The van der Waals surface area contributed by atoms with E-state index in [1.165, 1.54) is 0 Å². The molecule has 0 aliphatic heterocycles. The molecule has 2 aromatic rings. The van der Waals surface area contributed by atoms with Crippen molar-refractivity contribution in [2.24, 2.45) is 0 Å². The molecule has 0 saturated heterocycles. The SMILES string of the molecule is Cc1nc(CC(O)c2ccccc2N)cs1. The quantitative estimate of drug-likeness (QED) is 0.801. The van der Waals surface area contributed by atoms with Gasteiger partial charge in [-0.2, -0.15) is 0 Å². The van der Waals surface area contributed by atoms with Gasteiger partial charge in [-0.1, -0.05) is 18.2 Å². The van der Waals surface area contributed by atoms with Crippen molar-refractivity contribution in [1.82, 2.24) is 4.98 Å². The molecule has 1 aromatic heterocycles. The first kappa shape index (κ1) is 11.1. The van der Waals surface area contributed by atoms with E-state index in [1.54, 1.807) is 17.4 Å². The van der Waals surface area contributed by atoms with Crippen molar-refractivity contribution in [3.05, 3.63) is 45.9 Å². The van der Waals surface area contributed by atoms with Gasteiger partial charge in [0.05, 0.1) is 16.8 Å². The highest BCUT2D eigenvalue weighted by molar-refractivity contribution is 7.09. The second kappa shape index (κ2) is 4.63. The molecule has 0 fully saturated rings. The normalized spacial score (nSPS) is 12.6. The van der Waals surface area contributed by atoms with E-state index >= 15 is 0 Å². The van der Waals surface area contributed by atoms with Crippen molar-refractivity contribution < 1.29 is 5.11 Å². The second-order valence-corrected chi connectivity index (χ2v) is 4.77. The van der Waals surface area contributed by atoms with Gasteiger partial charge in [-0.25, -0.2) is 4.98 Å². The Morgan fingerprint density at radius 1 is 1.44 bits per heavy atom. The molecule has 3 nitrogen and oxygen atoms in total. The van der Waals surface area contributed by atoms with Crippen LogP contribution in [0.1, 0.15) is 22.4 Å². The van der Waals surface area contributed by atoms with Gasteiger partial charge in [-0.15, -0.1) is 11.3 Å². The summed E-state index contributed by atoms with van der Waals surface area (Å²) in [6, 6.07) is 7.38. The molecule has 1 unspecified atom stereocenters. The Balaban J connectivity index is 2.14. The number of aliphatic hydroxyl groups excluding tert-OH is 1. The number of nitrogens with zero attached hydrogens (tertiary/aromatic N) is 1. The summed E-state index contributed by atoms with van der Waals surface area (Å²) < 4.78 is 0. The number of para-hydroxylation sites is 1. The molecule has 0 aliphatic carbocycles. The monoisotopic (exact) mass is 234 g/mol. The van der Waals surface area contributed by atoms with E-state index in [-0.39, 0.29) is 0 Å². The van der Waals surface area contributed by atoms with Crippen LogP contribution in [0.25, 0.3) is 0 Å². The lowest BCUT2D eigenvalue weighted by Gasteiger charge is -2.11. The number of hydrogen-bond acceptors (Lipinski definition) is 4. The molecule has 84 valence electrons. The van der Waals surface area contributed by atoms with Crippen molar-refractivity contribution in [2.75, 3.05) is 5.73 Å². The van der Waals surface area contributed by atoms with E-state index in [1.807, 2.05) is 30.5 Å². The zero-order chi connectivity index (χ0) is 11.5. The van der Waals surface area contributed by atoms with Gasteiger partial charge in [-0.3, -0.25) is 0 Å². The third kappa shape index (κ3) is 2.40. The van der Waals surface area contributed by atoms with Crippen LogP contribution in [0.3, 0.4) is 0 Å². The number of aliphatic hydroxyl groups is 1. The maximum atomic E-state index is 10.0. The maximum absolute atomic E-state index is 10.0. The maximum Gasteiger partial charge on any atom is 0.0897 e. The number of nitrogens with two attached hydrogens (primary N) is 1. The number of thiazole rings is 1. The second-order valence-electron chi connectivity index (χ2n) is 3.71. The number of nitrogen functional groups attached to an aromatic ring is 1. The lowest BCUT2D eigenvalue weighted by Crippen LogP contribution is -2.05. The number of benzene rings is 1. The van der Waals surface area contributed by atoms with Gasteiger partial charge < -0.3 is 10.8 Å². The molecule has 2 rings (SSSR count). The first-order chi connectivity index (χ1) is 7.66. The highest BCUT2D eigenvalue weighted by Crippen LogP contribution is 2.23. The van der Waals surface area contributed by atoms with Gasteiger partial charge >= 0.3 is 0 Å². The number of hydrogen-bond donors (Lipinski definition) is 2. The fraction of sp³-hybridized carbons (Fsp3) is 0.250. The molecule has 0 bridgehead atoms. The third-order valence-electron chi connectivity index (χ3n) is 2.42. The van der Waals surface area contributed by atoms with E-state index < -0.39 is 6.10 Å². The molecule has 0 spiro atoms. The molecule has 0 amide bonds. The van der Waals surface area contributed by atoms with Crippen LogP contribution in [0, 0.1) is 6.92 Å². The smallest absolute Gasteiger partial charge is 0.0897 e. The molecule has 1 heterocycles. The fourth-order valence-electron chi connectivity index (χ4n) is 1.62. The van der Waals surface area contributed by atoms with Gasteiger partial charge in [0.1, 0.15) is 0 Å². The predicted octanol–water partition coefficient (Wildman–Crippen LogP) is 2.31. The van der Waals surface area contributed by atoms with Crippen molar-refractivity contribution in [3.63, 3.8) is 0 Å². The molecule has 3 N–H and O–H groups in total. The zero-order valence-corrected chi connectivity index (χ0v) is 9.87. The number of anilines is 1. The summed E-state index contributed by atoms with van der Waals surface area (Å²) in [6.07, 6.45) is -0.0684. The molecule has 0 aliphatic rings. The summed E-state index contributed by atoms with van der Waals surface area (Å²) in [6.45, 7) is 1.96. The molecule has 16 heavy (non-hydrogen) atoms. The van der Waals surface area contributed by atoms with Crippen LogP contribution in [0.2, 0.25) is 0 Å². The molecule has 4 heteroatoms. The highest BCUT2D eigenvalue weighted by Gasteiger charge is 2.12. The minimum atomic E-state index is -0.581. The Labute approximate surface area is 98.6 Å². The number of rotatable bonds is 3. The summed E-state index contributed by atoms with van der Waals surface area (Å²) in [4.78, 5) is 4.32. The molecule has 0 saturated carbocycles. The Hall–Kier alpha value is -1.39. The van der Waals surface area contributed by atoms with Gasteiger partial charge in [0, 0.05) is 23.1 Å². The summed E-state index contributed by atoms with van der Waals surface area (Å²) in [5.74, 6) is 0. The van der Waals surface area contributed by atoms with Crippen LogP contribution in [-0.2, 0) is 6.42 Å². The Morgan fingerprint density at radius 2 is 2.19 bits per heavy atom. The molecular formula is C12H14N2OS. The molecule has 1 atom stereocenters. The Kier molecular flexibility index (Phi) is 3.22. The van der Waals surface area contributed by atoms with E-state index in [4.69, 9.17) is 5.73 Å². The highest BCUT2D eigenvalue weighted by atomic mass is 32.1. The van der Waals surface area contributed by atoms with Crippen LogP contribution < -0.4 is 5.73 Å². The van der Waals surface area contributed by atoms with Crippen molar-refractivity contribution >= 4 is 17.0 Å². The number of aromatic nitrogens is 1. The lowest BCUT2D eigenvalue weighted by atomic mass is 10.0. The largest absolute Gasteiger partial charge is 0.398 e.